The van der Waals surface area contributed by atoms with Crippen molar-refractivity contribution in [3.05, 3.63) is 59.8 Å². The first kappa shape index (κ1) is 21.6. The summed E-state index contributed by atoms with van der Waals surface area (Å²) in [6, 6.07) is 8.40. The molecule has 1 saturated heterocycles. The first-order chi connectivity index (χ1) is 14.4. The number of aliphatic hydroxyl groups excluding tert-OH is 1. The number of likely N-dealkylation sites (tertiary alicyclic amines) is 1. The molecule has 9 heteroatoms. The van der Waals surface area contributed by atoms with Gasteiger partial charge < -0.3 is 19.5 Å². The topological polar surface area (TPSA) is 104 Å². The molecule has 2 N–H and O–H groups in total. The maximum Gasteiger partial charge on any atom is 0.373 e. The van der Waals surface area contributed by atoms with Crippen LogP contribution in [0.1, 0.15) is 41.3 Å². The number of amides is 1. The van der Waals surface area contributed by atoms with Crippen LogP contribution in [0.4, 0.5) is 8.78 Å². The quantitative estimate of drug-likeness (QED) is 0.646. The normalized spacial score (nSPS) is 18.3. The van der Waals surface area contributed by atoms with E-state index in [1.54, 1.807) is 35.2 Å². The van der Waals surface area contributed by atoms with Crippen LogP contribution in [0.5, 0.6) is 0 Å². The number of halogens is 2. The summed E-state index contributed by atoms with van der Waals surface area (Å²) in [7, 11) is 0. The second-order valence-electron chi connectivity index (χ2n) is 6.98. The molecule has 1 amide bonds. The number of aryl methyl sites for hydroxylation is 1. The molecule has 3 rings (SSSR count). The van der Waals surface area contributed by atoms with Crippen LogP contribution < -0.4 is 0 Å². The van der Waals surface area contributed by atoms with Gasteiger partial charge in [0.2, 0.25) is 11.7 Å². The highest BCUT2D eigenvalue weighted by Crippen LogP contribution is 2.32. The van der Waals surface area contributed by atoms with Crippen LogP contribution in [-0.2, 0) is 11.2 Å². The van der Waals surface area contributed by atoms with Gasteiger partial charge in [-0.25, -0.2) is 18.6 Å². The van der Waals surface area contributed by atoms with Crippen molar-refractivity contribution >= 4 is 17.4 Å². The third kappa shape index (κ3) is 5.10. The second kappa shape index (κ2) is 9.62. The molecule has 0 radical (unpaired) electrons. The molecule has 0 saturated carbocycles. The summed E-state index contributed by atoms with van der Waals surface area (Å²) in [5, 5.41) is 18.6. The molecule has 1 unspecified atom stereocenters. The van der Waals surface area contributed by atoms with E-state index in [9.17, 15) is 23.5 Å². The predicted octanol–water partition coefficient (Wildman–Crippen LogP) is 3.01. The fraction of sp³-hybridized carbons (Fsp3) is 0.381. The Balaban J connectivity index is 1.75. The van der Waals surface area contributed by atoms with Gasteiger partial charge in [-0.2, -0.15) is 0 Å². The van der Waals surface area contributed by atoms with Crippen molar-refractivity contribution in [2.75, 3.05) is 6.54 Å². The lowest BCUT2D eigenvalue weighted by Crippen LogP contribution is -2.35. The summed E-state index contributed by atoms with van der Waals surface area (Å²) >= 11 is 0. The smallest absolute Gasteiger partial charge is 0.373 e. The summed E-state index contributed by atoms with van der Waals surface area (Å²) in [4.78, 5) is 28.8. The predicted molar refractivity (Wildman–Crippen MR) is 103 cm³/mol. The van der Waals surface area contributed by atoms with Gasteiger partial charge in [0.15, 0.2) is 5.89 Å². The number of aromatic nitrogens is 1. The Bertz CT molecular complexity index is 913. The van der Waals surface area contributed by atoms with E-state index in [2.05, 4.69) is 4.98 Å². The van der Waals surface area contributed by atoms with E-state index in [1.165, 1.54) is 0 Å². The van der Waals surface area contributed by atoms with Crippen LogP contribution in [-0.4, -0.2) is 57.1 Å². The Kier molecular flexibility index (Phi) is 6.94. The van der Waals surface area contributed by atoms with Crippen LogP contribution in [0, 0.1) is 0 Å². The Labute approximate surface area is 171 Å². The number of hydrogen-bond donors (Lipinski definition) is 2. The monoisotopic (exact) mass is 420 g/mol. The third-order valence-electron chi connectivity index (χ3n) is 4.96. The van der Waals surface area contributed by atoms with Crippen molar-refractivity contribution < 1.29 is 33.0 Å². The van der Waals surface area contributed by atoms with Gasteiger partial charge in [-0.15, -0.1) is 0 Å². The standard InChI is InChI=1S/C21H22F2N2O5/c22-20(23)16(26)11-14(13-5-2-1-3-6-13)15-8-9-19(27)25(15)10-4-7-18-24-12-17(30-18)21(28)29/h1-3,5-6,11-12,15-16,20,26H,4,7-10H2,(H,28,29)/t15-,16?/m1/s1. The molecule has 0 spiro atoms. The second-order valence-corrected chi connectivity index (χ2v) is 6.98. The van der Waals surface area contributed by atoms with Crippen molar-refractivity contribution in [3.8, 4) is 0 Å². The van der Waals surface area contributed by atoms with Crippen LogP contribution in [0.3, 0.4) is 0 Å². The minimum absolute atomic E-state index is 0.105. The van der Waals surface area contributed by atoms with Crippen LogP contribution >= 0.6 is 0 Å². The van der Waals surface area contributed by atoms with E-state index in [0.29, 0.717) is 36.9 Å². The SMILES string of the molecule is O=C(O)c1cnc(CCCN2C(=O)CC[C@@H]2C(=CC(O)C(F)F)c2ccccc2)o1. The van der Waals surface area contributed by atoms with Gasteiger partial charge in [0.05, 0.1) is 12.2 Å². The minimum Gasteiger partial charge on any atom is -0.475 e. The zero-order valence-corrected chi connectivity index (χ0v) is 16.1. The Hall–Kier alpha value is -3.07. The maximum atomic E-state index is 13.0. The molecular formula is C21H22F2N2O5. The Morgan fingerprint density at radius 2 is 2.07 bits per heavy atom. The molecule has 1 aliphatic rings. The molecule has 160 valence electrons. The van der Waals surface area contributed by atoms with Crippen molar-refractivity contribution in [2.45, 2.75) is 44.3 Å². The zero-order chi connectivity index (χ0) is 21.7. The van der Waals surface area contributed by atoms with Gasteiger partial charge >= 0.3 is 5.97 Å². The number of aromatic carboxylic acids is 1. The van der Waals surface area contributed by atoms with E-state index >= 15 is 0 Å². The number of carboxylic acid groups (broad SMARTS) is 1. The third-order valence-corrected chi connectivity index (χ3v) is 4.96. The van der Waals surface area contributed by atoms with E-state index in [0.717, 1.165) is 12.3 Å². The first-order valence-corrected chi connectivity index (χ1v) is 9.57. The highest BCUT2D eigenvalue weighted by Gasteiger charge is 2.34. The summed E-state index contributed by atoms with van der Waals surface area (Å²) in [5.74, 6) is -1.32. The maximum absolute atomic E-state index is 13.0. The molecule has 1 fully saturated rings. The molecule has 2 atom stereocenters. The van der Waals surface area contributed by atoms with Gasteiger partial charge in [-0.3, -0.25) is 4.79 Å². The fourth-order valence-electron chi connectivity index (χ4n) is 3.55. The average molecular weight is 420 g/mol. The van der Waals surface area contributed by atoms with Gasteiger partial charge in [0.25, 0.3) is 6.43 Å². The average Bonchev–Trinajstić information content (AvgIpc) is 3.34. The number of nitrogens with zero attached hydrogens (tertiary/aromatic N) is 2. The fourth-order valence-corrected chi connectivity index (χ4v) is 3.55. The first-order valence-electron chi connectivity index (χ1n) is 9.57. The summed E-state index contributed by atoms with van der Waals surface area (Å²) in [6.07, 6.45) is -1.08. The minimum atomic E-state index is -2.93. The highest BCUT2D eigenvalue weighted by molar-refractivity contribution is 5.84. The van der Waals surface area contributed by atoms with Crippen molar-refractivity contribution in [3.63, 3.8) is 0 Å². The molecule has 0 aliphatic carbocycles. The van der Waals surface area contributed by atoms with Gasteiger partial charge in [-0.05, 0) is 30.1 Å². The van der Waals surface area contributed by atoms with Crippen LogP contribution in [0.25, 0.3) is 5.57 Å². The summed E-state index contributed by atoms with van der Waals surface area (Å²) in [6.45, 7) is 0.323. The lowest BCUT2D eigenvalue weighted by Gasteiger charge is -2.28. The van der Waals surface area contributed by atoms with Crippen molar-refractivity contribution in [1.82, 2.24) is 9.88 Å². The van der Waals surface area contributed by atoms with Gasteiger partial charge in [0, 0.05) is 19.4 Å². The molecule has 2 aromatic rings. The number of rotatable bonds is 9. The van der Waals surface area contributed by atoms with E-state index in [-0.39, 0.29) is 24.0 Å². The number of hydrogen-bond acceptors (Lipinski definition) is 5. The number of oxazole rings is 1. The molecule has 0 bridgehead atoms. The number of carboxylic acids is 1. The lowest BCUT2D eigenvalue weighted by molar-refractivity contribution is -0.128. The van der Waals surface area contributed by atoms with Crippen molar-refractivity contribution in [2.24, 2.45) is 0 Å². The number of aliphatic hydroxyl groups is 1. The molecule has 2 heterocycles. The Morgan fingerprint density at radius 3 is 2.70 bits per heavy atom. The zero-order valence-electron chi connectivity index (χ0n) is 16.1. The molecule has 1 aromatic heterocycles. The van der Waals surface area contributed by atoms with Crippen molar-refractivity contribution in [1.29, 1.82) is 0 Å². The van der Waals surface area contributed by atoms with E-state index in [1.807, 2.05) is 0 Å². The van der Waals surface area contributed by atoms with E-state index in [4.69, 9.17) is 9.52 Å². The molecule has 7 nitrogen and oxygen atoms in total. The molecule has 30 heavy (non-hydrogen) atoms. The number of carbonyl (C=O) groups is 2. The van der Waals surface area contributed by atoms with Crippen LogP contribution in [0.15, 0.2) is 47.0 Å². The summed E-state index contributed by atoms with van der Waals surface area (Å²) in [5.41, 5.74) is 1.15. The summed E-state index contributed by atoms with van der Waals surface area (Å²) < 4.78 is 31.1. The molecular weight excluding hydrogens is 398 g/mol. The van der Waals surface area contributed by atoms with Crippen LogP contribution in [0.2, 0.25) is 0 Å². The Morgan fingerprint density at radius 1 is 1.33 bits per heavy atom. The molecule has 1 aliphatic heterocycles. The van der Waals surface area contributed by atoms with Gasteiger partial charge in [-0.1, -0.05) is 30.3 Å². The largest absolute Gasteiger partial charge is 0.475 e. The highest BCUT2D eigenvalue weighted by atomic mass is 19.3. The lowest BCUT2D eigenvalue weighted by atomic mass is 9.95. The number of carbonyl (C=O) groups excluding carboxylic acids is 1. The molecule has 1 aromatic carbocycles. The van der Waals surface area contributed by atoms with Gasteiger partial charge in [0.1, 0.15) is 6.10 Å². The van der Waals surface area contributed by atoms with E-state index < -0.39 is 24.5 Å². The number of alkyl halides is 2. The number of benzene rings is 1.